The lowest BCUT2D eigenvalue weighted by Crippen LogP contribution is -2.41. The highest BCUT2D eigenvalue weighted by Gasteiger charge is 2.20. The Hall–Kier alpha value is -1.26. The molecule has 0 aromatic carbocycles. The Labute approximate surface area is 104 Å². The molecule has 0 aliphatic rings. The lowest BCUT2D eigenvalue weighted by atomic mass is 10.0. The van der Waals surface area contributed by atoms with Gasteiger partial charge >= 0.3 is 0 Å². The first-order chi connectivity index (χ1) is 8.06. The van der Waals surface area contributed by atoms with Gasteiger partial charge in [0, 0.05) is 12.5 Å². The maximum Gasteiger partial charge on any atom is 0.225 e. The molecule has 0 fully saturated rings. The zero-order valence-electron chi connectivity index (χ0n) is 11.1. The second kappa shape index (κ2) is 8.84. The van der Waals surface area contributed by atoms with Crippen molar-refractivity contribution in [2.45, 2.75) is 46.5 Å². The molecule has 5 heteroatoms. The van der Waals surface area contributed by atoms with Crippen LogP contribution in [0.5, 0.6) is 0 Å². The fourth-order valence-electron chi connectivity index (χ4n) is 1.71. The Bertz CT molecular complexity index is 254. The summed E-state index contributed by atoms with van der Waals surface area (Å²) in [5, 5.41) is 11.5. The van der Waals surface area contributed by atoms with E-state index in [2.05, 4.69) is 12.1 Å². The molecule has 1 atom stereocenters. The number of carbonyl (C=O) groups is 1. The van der Waals surface area contributed by atoms with E-state index < -0.39 is 0 Å². The van der Waals surface area contributed by atoms with Gasteiger partial charge < -0.3 is 15.8 Å². The van der Waals surface area contributed by atoms with Crippen molar-refractivity contribution in [1.82, 2.24) is 4.90 Å². The first-order valence-corrected chi connectivity index (χ1v) is 6.31. The van der Waals surface area contributed by atoms with Crippen LogP contribution in [0.3, 0.4) is 0 Å². The van der Waals surface area contributed by atoms with Gasteiger partial charge in [-0.2, -0.15) is 0 Å². The monoisotopic (exact) mass is 243 g/mol. The molecule has 5 nitrogen and oxygen atoms in total. The van der Waals surface area contributed by atoms with Crippen molar-refractivity contribution in [1.29, 1.82) is 0 Å². The van der Waals surface area contributed by atoms with Crippen LogP contribution in [0.25, 0.3) is 0 Å². The number of oxime groups is 1. The highest BCUT2D eigenvalue weighted by molar-refractivity contribution is 5.87. The zero-order valence-corrected chi connectivity index (χ0v) is 11.1. The second-order valence-electron chi connectivity index (χ2n) is 4.39. The summed E-state index contributed by atoms with van der Waals surface area (Å²) in [5.41, 5.74) is 5.45. The van der Waals surface area contributed by atoms with Crippen molar-refractivity contribution in [3.8, 4) is 0 Å². The number of hydrogen-bond acceptors (Lipinski definition) is 3. The number of hydrogen-bond donors (Lipinski definition) is 2. The molecule has 0 spiro atoms. The summed E-state index contributed by atoms with van der Waals surface area (Å²) >= 11 is 0. The number of amidine groups is 1. The number of nitrogens with two attached hydrogens (primary N) is 1. The minimum Gasteiger partial charge on any atom is -0.409 e. The van der Waals surface area contributed by atoms with Gasteiger partial charge in [0.1, 0.15) is 0 Å². The van der Waals surface area contributed by atoms with Crippen molar-refractivity contribution in [2.24, 2.45) is 16.8 Å². The van der Waals surface area contributed by atoms with Crippen molar-refractivity contribution >= 4 is 11.7 Å². The maximum atomic E-state index is 12.1. The molecule has 0 aliphatic carbocycles. The molecule has 0 radical (unpaired) electrons. The van der Waals surface area contributed by atoms with Gasteiger partial charge in [-0.05, 0) is 12.8 Å². The third kappa shape index (κ3) is 6.14. The Morgan fingerprint density at radius 1 is 1.41 bits per heavy atom. The molecule has 0 bridgehead atoms. The normalized spacial score (nSPS) is 13.5. The number of carbonyl (C=O) groups excluding carboxylic acids is 1. The molecule has 100 valence electrons. The summed E-state index contributed by atoms with van der Waals surface area (Å²) in [6.45, 7) is 6.90. The molecule has 0 saturated carbocycles. The van der Waals surface area contributed by atoms with E-state index in [1.165, 1.54) is 0 Å². The molecule has 0 aromatic heterocycles. The molecular weight excluding hydrogens is 218 g/mol. The average molecular weight is 243 g/mol. The molecule has 0 aromatic rings. The predicted molar refractivity (Wildman–Crippen MR) is 69.0 cm³/mol. The SMILES string of the molecule is CCCCC(C)C(=O)N(CCC)CC(N)=NO. The van der Waals surface area contributed by atoms with Gasteiger partial charge in [0.2, 0.25) is 5.91 Å². The number of amides is 1. The molecule has 1 amide bonds. The highest BCUT2D eigenvalue weighted by atomic mass is 16.4. The van der Waals surface area contributed by atoms with Crippen LogP contribution in [0, 0.1) is 5.92 Å². The number of rotatable bonds is 8. The van der Waals surface area contributed by atoms with Gasteiger partial charge in [-0.1, -0.05) is 38.8 Å². The van der Waals surface area contributed by atoms with Crippen molar-refractivity contribution in [3.05, 3.63) is 0 Å². The smallest absolute Gasteiger partial charge is 0.225 e. The Morgan fingerprint density at radius 3 is 2.53 bits per heavy atom. The largest absolute Gasteiger partial charge is 0.409 e. The third-order valence-electron chi connectivity index (χ3n) is 2.70. The highest BCUT2D eigenvalue weighted by Crippen LogP contribution is 2.11. The maximum absolute atomic E-state index is 12.1. The van der Waals surface area contributed by atoms with Crippen LogP contribution in [0.1, 0.15) is 46.5 Å². The molecule has 0 heterocycles. The van der Waals surface area contributed by atoms with Gasteiger partial charge in [-0.3, -0.25) is 4.79 Å². The number of nitrogens with zero attached hydrogens (tertiary/aromatic N) is 2. The van der Waals surface area contributed by atoms with Crippen LogP contribution < -0.4 is 5.73 Å². The van der Waals surface area contributed by atoms with E-state index in [1.54, 1.807) is 4.90 Å². The van der Waals surface area contributed by atoms with E-state index in [4.69, 9.17) is 10.9 Å². The first-order valence-electron chi connectivity index (χ1n) is 6.31. The third-order valence-corrected chi connectivity index (χ3v) is 2.70. The molecule has 17 heavy (non-hydrogen) atoms. The summed E-state index contributed by atoms with van der Waals surface area (Å²) in [7, 11) is 0. The Balaban J connectivity index is 4.41. The first kappa shape index (κ1) is 15.7. The average Bonchev–Trinajstić information content (AvgIpc) is 2.34. The molecular formula is C12H25N3O2. The zero-order chi connectivity index (χ0) is 13.3. The van der Waals surface area contributed by atoms with E-state index >= 15 is 0 Å². The summed E-state index contributed by atoms with van der Waals surface area (Å²) in [5.74, 6) is 0.175. The molecule has 0 rings (SSSR count). The molecule has 1 unspecified atom stereocenters. The quantitative estimate of drug-likeness (QED) is 0.295. The second-order valence-corrected chi connectivity index (χ2v) is 4.39. The van der Waals surface area contributed by atoms with Crippen LogP contribution >= 0.6 is 0 Å². The van der Waals surface area contributed by atoms with Crippen molar-refractivity contribution in [3.63, 3.8) is 0 Å². The fraction of sp³-hybridized carbons (Fsp3) is 0.833. The van der Waals surface area contributed by atoms with Gasteiger partial charge in [0.15, 0.2) is 5.84 Å². The van der Waals surface area contributed by atoms with E-state index in [9.17, 15) is 4.79 Å². The van der Waals surface area contributed by atoms with Gasteiger partial charge in [-0.15, -0.1) is 0 Å². The summed E-state index contributed by atoms with van der Waals surface area (Å²) < 4.78 is 0. The number of unbranched alkanes of at least 4 members (excludes halogenated alkanes) is 1. The van der Waals surface area contributed by atoms with Crippen LogP contribution in [0.4, 0.5) is 0 Å². The molecule has 3 N–H and O–H groups in total. The predicted octanol–water partition coefficient (Wildman–Crippen LogP) is 1.80. The fourth-order valence-corrected chi connectivity index (χ4v) is 1.71. The minimum atomic E-state index is 0.00740. The van der Waals surface area contributed by atoms with Crippen LogP contribution in [0.15, 0.2) is 5.16 Å². The van der Waals surface area contributed by atoms with E-state index in [-0.39, 0.29) is 24.2 Å². The van der Waals surface area contributed by atoms with Crippen molar-refractivity contribution in [2.75, 3.05) is 13.1 Å². The topological polar surface area (TPSA) is 78.9 Å². The van der Waals surface area contributed by atoms with E-state index in [0.717, 1.165) is 25.7 Å². The molecule has 0 aliphatic heterocycles. The lowest BCUT2D eigenvalue weighted by molar-refractivity contribution is -0.134. The van der Waals surface area contributed by atoms with E-state index in [0.29, 0.717) is 6.54 Å². The van der Waals surface area contributed by atoms with Gasteiger partial charge in [0.25, 0.3) is 0 Å². The Kier molecular flexibility index (Phi) is 8.19. The summed E-state index contributed by atoms with van der Waals surface area (Å²) in [6, 6.07) is 0. The van der Waals surface area contributed by atoms with Gasteiger partial charge in [-0.25, -0.2) is 0 Å². The van der Waals surface area contributed by atoms with Crippen LogP contribution in [-0.4, -0.2) is 34.9 Å². The summed E-state index contributed by atoms with van der Waals surface area (Å²) in [4.78, 5) is 13.8. The summed E-state index contributed by atoms with van der Waals surface area (Å²) in [6.07, 6.45) is 3.90. The van der Waals surface area contributed by atoms with E-state index in [1.807, 2.05) is 13.8 Å². The van der Waals surface area contributed by atoms with Gasteiger partial charge in [0.05, 0.1) is 6.54 Å². The molecule has 0 saturated heterocycles. The lowest BCUT2D eigenvalue weighted by Gasteiger charge is -2.24. The standard InChI is InChI=1S/C12H25N3O2/c1-4-6-7-10(3)12(16)15(8-5-2)9-11(13)14-17/h10,17H,4-9H2,1-3H3,(H2,13,14). The van der Waals surface area contributed by atoms with Crippen LogP contribution in [-0.2, 0) is 4.79 Å². The van der Waals surface area contributed by atoms with Crippen molar-refractivity contribution < 1.29 is 10.0 Å². The minimum absolute atomic E-state index is 0.00740. The van der Waals surface area contributed by atoms with Crippen LogP contribution in [0.2, 0.25) is 0 Å². The Morgan fingerprint density at radius 2 is 2.06 bits per heavy atom.